The maximum absolute atomic E-state index is 6.47. The fourth-order valence-corrected chi connectivity index (χ4v) is 5.75. The molecular formula is C19H22ClN3S2. The van der Waals surface area contributed by atoms with Crippen LogP contribution in [0.1, 0.15) is 47.8 Å². The highest BCUT2D eigenvalue weighted by atomic mass is 35.5. The highest BCUT2D eigenvalue weighted by Gasteiger charge is 2.24. The first-order valence-electron chi connectivity index (χ1n) is 8.82. The van der Waals surface area contributed by atoms with Crippen molar-refractivity contribution in [2.45, 2.75) is 50.6 Å². The predicted octanol–water partition coefficient (Wildman–Crippen LogP) is 6.00. The number of pyridine rings is 1. The largest absolute Gasteiger partial charge is 0.379 e. The summed E-state index contributed by atoms with van der Waals surface area (Å²) in [6.45, 7) is 0.809. The van der Waals surface area contributed by atoms with Gasteiger partial charge in [-0.3, -0.25) is 0 Å². The summed E-state index contributed by atoms with van der Waals surface area (Å²) < 4.78 is 1.19. The number of nitrogens with zero attached hydrogens (tertiary/aromatic N) is 1. The minimum atomic E-state index is 0.258. The van der Waals surface area contributed by atoms with Crippen LogP contribution in [-0.2, 0) is 6.54 Å². The number of fused-ring (bicyclic) bond motifs is 1. The van der Waals surface area contributed by atoms with Gasteiger partial charge in [-0.25, -0.2) is 4.98 Å². The minimum absolute atomic E-state index is 0.258. The van der Waals surface area contributed by atoms with Crippen LogP contribution >= 0.6 is 34.3 Å². The molecule has 6 heteroatoms. The molecule has 0 aromatic carbocycles. The lowest BCUT2D eigenvalue weighted by molar-refractivity contribution is 0.512. The number of aromatic nitrogens is 1. The summed E-state index contributed by atoms with van der Waals surface area (Å²) in [5.41, 5.74) is 8.52. The van der Waals surface area contributed by atoms with Gasteiger partial charge in [0.15, 0.2) is 0 Å². The van der Waals surface area contributed by atoms with Gasteiger partial charge >= 0.3 is 0 Å². The van der Waals surface area contributed by atoms with E-state index < -0.39 is 0 Å². The third kappa shape index (κ3) is 3.85. The fraction of sp³-hybridized carbons (Fsp3) is 0.421. The fourth-order valence-electron chi connectivity index (χ4n) is 3.61. The van der Waals surface area contributed by atoms with Crippen molar-refractivity contribution >= 4 is 50.2 Å². The van der Waals surface area contributed by atoms with Gasteiger partial charge in [-0.05, 0) is 30.4 Å². The number of thiophene rings is 2. The molecule has 3 N–H and O–H groups in total. The molecule has 1 fully saturated rings. The Morgan fingerprint density at radius 1 is 1.24 bits per heavy atom. The summed E-state index contributed by atoms with van der Waals surface area (Å²) in [6, 6.07) is 8.62. The van der Waals surface area contributed by atoms with E-state index in [1.54, 1.807) is 11.3 Å². The number of hydrogen-bond acceptors (Lipinski definition) is 5. The first-order valence-corrected chi connectivity index (χ1v) is 10.9. The molecule has 1 aliphatic rings. The predicted molar refractivity (Wildman–Crippen MR) is 110 cm³/mol. The molecule has 3 nitrogen and oxygen atoms in total. The lowest BCUT2D eigenvalue weighted by Crippen LogP contribution is -2.26. The number of halogens is 1. The van der Waals surface area contributed by atoms with Gasteiger partial charge in [-0.1, -0.05) is 36.9 Å². The summed E-state index contributed by atoms with van der Waals surface area (Å²) in [4.78, 5) is 7.21. The van der Waals surface area contributed by atoms with Crippen molar-refractivity contribution < 1.29 is 0 Å². The zero-order chi connectivity index (χ0) is 17.2. The first kappa shape index (κ1) is 17.3. The van der Waals surface area contributed by atoms with Crippen molar-refractivity contribution in [2.24, 2.45) is 5.73 Å². The van der Waals surface area contributed by atoms with Crippen LogP contribution in [0.5, 0.6) is 0 Å². The van der Waals surface area contributed by atoms with Gasteiger partial charge in [-0.2, -0.15) is 0 Å². The van der Waals surface area contributed by atoms with Crippen molar-refractivity contribution in [3.05, 3.63) is 44.6 Å². The molecule has 0 bridgehead atoms. The van der Waals surface area contributed by atoms with Crippen LogP contribution in [0.25, 0.3) is 10.2 Å². The average molecular weight is 392 g/mol. The number of anilines is 1. The molecule has 1 saturated carbocycles. The summed E-state index contributed by atoms with van der Waals surface area (Å²) in [7, 11) is 0. The SMILES string of the molecule is N[C@@H]1CCCCC[C@@H]1c1cc2nc(Cl)cc(NCc3cccs3)c2s1. The van der Waals surface area contributed by atoms with Gasteiger partial charge < -0.3 is 11.1 Å². The van der Waals surface area contributed by atoms with Crippen molar-refractivity contribution in [1.82, 2.24) is 4.98 Å². The van der Waals surface area contributed by atoms with Gasteiger partial charge in [0, 0.05) is 34.3 Å². The molecule has 3 aromatic heterocycles. The molecule has 4 rings (SSSR count). The van der Waals surface area contributed by atoms with Crippen LogP contribution in [0.2, 0.25) is 5.15 Å². The summed E-state index contributed by atoms with van der Waals surface area (Å²) in [5.74, 6) is 0.450. The molecule has 0 aliphatic heterocycles. The quantitative estimate of drug-likeness (QED) is 0.423. The monoisotopic (exact) mass is 391 g/mol. The van der Waals surface area contributed by atoms with E-state index in [0.717, 1.165) is 24.2 Å². The molecule has 2 atom stereocenters. The second-order valence-electron chi connectivity index (χ2n) is 6.70. The summed E-state index contributed by atoms with van der Waals surface area (Å²) >= 11 is 9.85. The normalized spacial score (nSPS) is 21.4. The number of nitrogens with one attached hydrogen (secondary N) is 1. The molecular weight excluding hydrogens is 370 g/mol. The van der Waals surface area contributed by atoms with E-state index in [1.165, 1.54) is 40.1 Å². The highest BCUT2D eigenvalue weighted by molar-refractivity contribution is 7.19. The number of nitrogens with two attached hydrogens (primary N) is 1. The molecule has 0 amide bonds. The van der Waals surface area contributed by atoms with E-state index in [9.17, 15) is 0 Å². The standard InChI is InChI=1S/C19H22ClN3S2/c20-18-10-15(22-11-12-5-4-8-24-12)19-16(23-18)9-17(25-19)13-6-2-1-3-7-14(13)21/h4-5,8-10,13-14H,1-3,6-7,11,21H2,(H,22,23)/t13-,14+/m0/s1. The van der Waals surface area contributed by atoms with E-state index in [1.807, 2.05) is 17.4 Å². The number of rotatable bonds is 4. The Bertz CT molecular complexity index is 844. The van der Waals surface area contributed by atoms with Crippen LogP contribution in [-0.4, -0.2) is 11.0 Å². The Kier molecular flexibility index (Phi) is 5.27. The third-order valence-corrected chi connectivity index (χ3v) is 7.29. The van der Waals surface area contributed by atoms with Gasteiger partial charge in [0.2, 0.25) is 0 Å². The van der Waals surface area contributed by atoms with Crippen LogP contribution in [0.15, 0.2) is 29.6 Å². The van der Waals surface area contributed by atoms with E-state index in [-0.39, 0.29) is 6.04 Å². The van der Waals surface area contributed by atoms with Crippen LogP contribution in [0, 0.1) is 0 Å². The third-order valence-electron chi connectivity index (χ3n) is 4.93. The van der Waals surface area contributed by atoms with Gasteiger partial charge in [-0.15, -0.1) is 22.7 Å². The van der Waals surface area contributed by atoms with Crippen LogP contribution < -0.4 is 11.1 Å². The highest BCUT2D eigenvalue weighted by Crippen LogP contribution is 2.40. The molecule has 25 heavy (non-hydrogen) atoms. The maximum Gasteiger partial charge on any atom is 0.131 e. The Morgan fingerprint density at radius 3 is 2.96 bits per heavy atom. The average Bonchev–Trinajstić information content (AvgIpc) is 3.20. The van der Waals surface area contributed by atoms with Crippen molar-refractivity contribution in [2.75, 3.05) is 5.32 Å². The summed E-state index contributed by atoms with van der Waals surface area (Å²) in [5, 5.41) is 6.17. The van der Waals surface area contributed by atoms with Crippen molar-refractivity contribution in [3.8, 4) is 0 Å². The second kappa shape index (κ2) is 7.62. The van der Waals surface area contributed by atoms with Crippen molar-refractivity contribution in [1.29, 1.82) is 0 Å². The van der Waals surface area contributed by atoms with Crippen LogP contribution in [0.3, 0.4) is 0 Å². The smallest absolute Gasteiger partial charge is 0.131 e. The maximum atomic E-state index is 6.47. The second-order valence-corrected chi connectivity index (χ2v) is 9.20. The Hall–Kier alpha value is -1.14. The van der Waals surface area contributed by atoms with E-state index in [0.29, 0.717) is 11.1 Å². The molecule has 0 unspecified atom stereocenters. The van der Waals surface area contributed by atoms with Crippen LogP contribution in [0.4, 0.5) is 5.69 Å². The Morgan fingerprint density at radius 2 is 2.12 bits per heavy atom. The topological polar surface area (TPSA) is 50.9 Å². The molecule has 132 valence electrons. The van der Waals surface area contributed by atoms with Gasteiger partial charge in [0.1, 0.15) is 5.15 Å². The summed E-state index contributed by atoms with van der Waals surface area (Å²) in [6.07, 6.45) is 6.12. The molecule has 1 aliphatic carbocycles. The zero-order valence-electron chi connectivity index (χ0n) is 14.0. The molecule has 0 spiro atoms. The minimum Gasteiger partial charge on any atom is -0.379 e. The Labute approximate surface area is 161 Å². The number of hydrogen-bond donors (Lipinski definition) is 2. The van der Waals surface area contributed by atoms with Crippen molar-refractivity contribution in [3.63, 3.8) is 0 Å². The van der Waals surface area contributed by atoms with E-state index in [2.05, 4.69) is 33.9 Å². The molecule has 3 aromatic rings. The van der Waals surface area contributed by atoms with Gasteiger partial charge in [0.05, 0.1) is 15.9 Å². The first-order chi connectivity index (χ1) is 12.2. The van der Waals surface area contributed by atoms with E-state index >= 15 is 0 Å². The van der Waals surface area contributed by atoms with E-state index in [4.69, 9.17) is 17.3 Å². The molecule has 0 saturated heterocycles. The lowest BCUT2D eigenvalue weighted by atomic mass is 9.94. The van der Waals surface area contributed by atoms with Gasteiger partial charge in [0.25, 0.3) is 0 Å². The molecule has 0 radical (unpaired) electrons. The Balaban J connectivity index is 1.65. The lowest BCUT2D eigenvalue weighted by Gasteiger charge is -2.19. The molecule has 3 heterocycles. The zero-order valence-corrected chi connectivity index (χ0v) is 16.4.